The van der Waals surface area contributed by atoms with Crippen LogP contribution in [0.25, 0.3) is 0 Å². The lowest BCUT2D eigenvalue weighted by molar-refractivity contribution is -0.116. The Bertz CT molecular complexity index is 704. The SMILES string of the molecule is O=C(CCl)N(Cc1ccc(Cl)cc1Cl)c1cc(Cl)ccc1Cl. The predicted octanol–water partition coefficient (Wildman–Crippen LogP) is 6.07. The maximum absolute atomic E-state index is 12.2. The predicted molar refractivity (Wildman–Crippen MR) is 94.8 cm³/mol. The lowest BCUT2D eigenvalue weighted by atomic mass is 10.2. The molecule has 7 heteroatoms. The molecule has 0 aliphatic carbocycles. The molecule has 0 radical (unpaired) electrons. The van der Waals surface area contributed by atoms with Gasteiger partial charge in [-0.2, -0.15) is 0 Å². The normalized spacial score (nSPS) is 10.6. The van der Waals surface area contributed by atoms with E-state index < -0.39 is 0 Å². The molecule has 0 spiro atoms. The van der Waals surface area contributed by atoms with Crippen LogP contribution in [0.5, 0.6) is 0 Å². The molecule has 22 heavy (non-hydrogen) atoms. The first-order valence-electron chi connectivity index (χ1n) is 6.17. The Morgan fingerprint density at radius 1 is 0.909 bits per heavy atom. The van der Waals surface area contributed by atoms with E-state index in [0.717, 1.165) is 5.56 Å². The van der Waals surface area contributed by atoms with Crippen molar-refractivity contribution in [1.29, 1.82) is 0 Å². The number of amides is 1. The van der Waals surface area contributed by atoms with Gasteiger partial charge in [0.05, 0.1) is 17.3 Å². The highest BCUT2D eigenvalue weighted by molar-refractivity contribution is 6.37. The number of halogens is 5. The Kier molecular flexibility index (Phi) is 6.25. The van der Waals surface area contributed by atoms with Gasteiger partial charge in [0.2, 0.25) is 5.91 Å². The van der Waals surface area contributed by atoms with E-state index >= 15 is 0 Å². The number of carbonyl (C=O) groups excluding carboxylic acids is 1. The molecule has 0 atom stereocenters. The van der Waals surface area contributed by atoms with Gasteiger partial charge in [-0.15, -0.1) is 11.6 Å². The maximum Gasteiger partial charge on any atom is 0.242 e. The molecule has 0 saturated carbocycles. The van der Waals surface area contributed by atoms with Gasteiger partial charge < -0.3 is 4.90 Å². The summed E-state index contributed by atoms with van der Waals surface area (Å²) in [5.41, 5.74) is 1.20. The van der Waals surface area contributed by atoms with Crippen molar-refractivity contribution in [2.24, 2.45) is 0 Å². The molecule has 0 heterocycles. The minimum absolute atomic E-state index is 0.186. The Balaban J connectivity index is 2.42. The monoisotopic (exact) mass is 395 g/mol. The lowest BCUT2D eigenvalue weighted by Crippen LogP contribution is -2.31. The van der Waals surface area contributed by atoms with Crippen molar-refractivity contribution in [3.8, 4) is 0 Å². The minimum atomic E-state index is -0.308. The van der Waals surface area contributed by atoms with E-state index in [1.807, 2.05) is 0 Å². The van der Waals surface area contributed by atoms with Gasteiger partial charge in [-0.05, 0) is 35.9 Å². The molecule has 0 aliphatic heterocycles. The number of hydrogen-bond acceptors (Lipinski definition) is 1. The van der Waals surface area contributed by atoms with E-state index in [1.54, 1.807) is 36.4 Å². The van der Waals surface area contributed by atoms with Gasteiger partial charge in [0.25, 0.3) is 0 Å². The van der Waals surface area contributed by atoms with E-state index in [9.17, 15) is 4.79 Å². The van der Waals surface area contributed by atoms with E-state index in [0.29, 0.717) is 25.8 Å². The summed E-state index contributed by atoms with van der Waals surface area (Å²) < 4.78 is 0. The van der Waals surface area contributed by atoms with Gasteiger partial charge >= 0.3 is 0 Å². The summed E-state index contributed by atoms with van der Waals surface area (Å²) in [7, 11) is 0. The fraction of sp³-hybridized carbons (Fsp3) is 0.133. The molecule has 1 amide bonds. The van der Waals surface area contributed by atoms with Gasteiger partial charge in [-0.3, -0.25) is 4.79 Å². The first-order chi connectivity index (χ1) is 10.4. The Morgan fingerprint density at radius 3 is 2.18 bits per heavy atom. The summed E-state index contributed by atoms with van der Waals surface area (Å²) in [5.74, 6) is -0.495. The van der Waals surface area contributed by atoms with E-state index in [1.165, 1.54) is 4.90 Å². The highest BCUT2D eigenvalue weighted by Crippen LogP contribution is 2.32. The first kappa shape index (κ1) is 17.7. The molecule has 2 aromatic carbocycles. The van der Waals surface area contributed by atoms with E-state index in [4.69, 9.17) is 58.0 Å². The number of anilines is 1. The van der Waals surface area contributed by atoms with Crippen LogP contribution in [-0.4, -0.2) is 11.8 Å². The van der Waals surface area contributed by atoms with Crippen LogP contribution in [0.2, 0.25) is 20.1 Å². The zero-order valence-corrected chi connectivity index (χ0v) is 14.9. The van der Waals surface area contributed by atoms with Gasteiger partial charge in [-0.1, -0.05) is 52.5 Å². The number of alkyl halides is 1. The summed E-state index contributed by atoms with van der Waals surface area (Å²) in [4.78, 5) is 13.6. The number of rotatable bonds is 4. The molecule has 0 unspecified atom stereocenters. The molecule has 2 nitrogen and oxygen atoms in total. The second-order valence-electron chi connectivity index (χ2n) is 4.44. The highest BCUT2D eigenvalue weighted by atomic mass is 35.5. The van der Waals surface area contributed by atoms with Crippen molar-refractivity contribution < 1.29 is 4.79 Å². The fourth-order valence-electron chi connectivity index (χ4n) is 1.89. The van der Waals surface area contributed by atoms with Gasteiger partial charge in [0.1, 0.15) is 5.88 Å². The summed E-state index contributed by atoms with van der Waals surface area (Å²) in [6, 6.07) is 9.94. The quantitative estimate of drug-likeness (QED) is 0.573. The molecule has 0 bridgehead atoms. The van der Waals surface area contributed by atoms with Crippen LogP contribution in [0.4, 0.5) is 5.69 Å². The second kappa shape index (κ2) is 7.76. The smallest absolute Gasteiger partial charge is 0.242 e. The molecule has 0 aliphatic rings. The molecule has 0 aromatic heterocycles. The average molecular weight is 398 g/mol. The van der Waals surface area contributed by atoms with Crippen molar-refractivity contribution in [3.05, 3.63) is 62.1 Å². The van der Waals surface area contributed by atoms with E-state index in [2.05, 4.69) is 0 Å². The second-order valence-corrected chi connectivity index (χ2v) is 6.40. The van der Waals surface area contributed by atoms with Crippen LogP contribution in [0.15, 0.2) is 36.4 Å². The van der Waals surface area contributed by atoms with Gasteiger partial charge in [0.15, 0.2) is 0 Å². The molecule has 0 fully saturated rings. The number of hydrogen-bond donors (Lipinski definition) is 0. The Labute approximate surface area is 153 Å². The van der Waals surface area contributed by atoms with Crippen LogP contribution in [0.3, 0.4) is 0 Å². The molecule has 2 aromatic rings. The van der Waals surface area contributed by atoms with Crippen LogP contribution in [0.1, 0.15) is 5.56 Å². The van der Waals surface area contributed by atoms with Crippen LogP contribution in [0, 0.1) is 0 Å². The molecule has 0 N–H and O–H groups in total. The summed E-state index contributed by atoms with van der Waals surface area (Å²) in [6.07, 6.45) is 0. The number of nitrogens with zero attached hydrogens (tertiary/aromatic N) is 1. The van der Waals surface area contributed by atoms with Crippen molar-refractivity contribution >= 4 is 69.6 Å². The van der Waals surface area contributed by atoms with Gasteiger partial charge in [-0.25, -0.2) is 0 Å². The van der Waals surface area contributed by atoms with Crippen LogP contribution >= 0.6 is 58.0 Å². The average Bonchev–Trinajstić information content (AvgIpc) is 2.48. The zero-order chi connectivity index (χ0) is 16.3. The van der Waals surface area contributed by atoms with Gasteiger partial charge in [0, 0.05) is 15.1 Å². The van der Waals surface area contributed by atoms with Crippen molar-refractivity contribution in [1.82, 2.24) is 0 Å². The molecular formula is C15H10Cl5NO. The summed E-state index contributed by atoms with van der Waals surface area (Å²) in [6.45, 7) is 0.210. The topological polar surface area (TPSA) is 20.3 Å². The summed E-state index contributed by atoms with van der Waals surface area (Å²) >= 11 is 29.9. The fourth-order valence-corrected chi connectivity index (χ4v) is 2.89. The third-order valence-electron chi connectivity index (χ3n) is 2.96. The third kappa shape index (κ3) is 4.21. The Morgan fingerprint density at radius 2 is 1.55 bits per heavy atom. The molecule has 116 valence electrons. The van der Waals surface area contributed by atoms with E-state index in [-0.39, 0.29) is 18.3 Å². The van der Waals surface area contributed by atoms with Crippen molar-refractivity contribution in [3.63, 3.8) is 0 Å². The maximum atomic E-state index is 12.2. The standard InChI is InChI=1S/C15H10Cl5NO/c16-7-15(22)21(14-6-11(18)3-4-12(14)19)8-9-1-2-10(17)5-13(9)20/h1-6H,7-8H2. The minimum Gasteiger partial charge on any atom is -0.305 e. The van der Waals surface area contributed by atoms with Crippen LogP contribution < -0.4 is 4.90 Å². The molecule has 0 saturated heterocycles. The van der Waals surface area contributed by atoms with Crippen molar-refractivity contribution in [2.75, 3.05) is 10.8 Å². The zero-order valence-electron chi connectivity index (χ0n) is 11.1. The largest absolute Gasteiger partial charge is 0.305 e. The summed E-state index contributed by atoms with van der Waals surface area (Å²) in [5, 5.41) is 1.84. The Hall–Kier alpha value is -0.640. The van der Waals surface area contributed by atoms with Crippen molar-refractivity contribution in [2.45, 2.75) is 6.54 Å². The molecule has 2 rings (SSSR count). The lowest BCUT2D eigenvalue weighted by Gasteiger charge is -2.24. The first-order valence-corrected chi connectivity index (χ1v) is 8.22. The number of benzene rings is 2. The molecular weight excluding hydrogens is 387 g/mol. The third-order valence-corrected chi connectivity index (χ3v) is 4.33. The number of carbonyl (C=O) groups is 1. The van der Waals surface area contributed by atoms with Crippen LogP contribution in [-0.2, 0) is 11.3 Å². The highest BCUT2D eigenvalue weighted by Gasteiger charge is 2.19.